The maximum absolute atomic E-state index is 6.10. The molecule has 2 aromatic rings. The minimum atomic E-state index is 0.149. The van der Waals surface area contributed by atoms with Gasteiger partial charge in [0.1, 0.15) is 0 Å². The van der Waals surface area contributed by atoms with Crippen molar-refractivity contribution >= 4 is 11.3 Å². The fourth-order valence-corrected chi connectivity index (χ4v) is 4.64. The molecule has 0 aliphatic carbocycles. The number of hydrogen-bond acceptors (Lipinski definition) is 5. The predicted octanol–water partition coefficient (Wildman–Crippen LogP) is 3.34. The fourth-order valence-electron chi connectivity index (χ4n) is 3.98. The van der Waals surface area contributed by atoms with Gasteiger partial charge in [-0.2, -0.15) is 11.3 Å². The number of thiophene rings is 1. The standard InChI is InChI=1S/C19H24N2O2S/c1-2-16(10-20-6-1)12-22-15-19-5-8-23-18(19)3-7-21(14-19)11-17-4-9-24-13-17/h1-2,4,6,9-10,13,18H,3,5,7-8,11-12,14-15H2/t18-,19+/m1/s1. The van der Waals surface area contributed by atoms with Gasteiger partial charge in [0.05, 0.1) is 19.3 Å². The summed E-state index contributed by atoms with van der Waals surface area (Å²) in [5, 5.41) is 4.41. The van der Waals surface area contributed by atoms with Crippen molar-refractivity contribution in [3.63, 3.8) is 0 Å². The second kappa shape index (κ2) is 7.31. The van der Waals surface area contributed by atoms with Crippen LogP contribution in [0.4, 0.5) is 0 Å². The first kappa shape index (κ1) is 16.2. The Kier molecular flexibility index (Phi) is 4.94. The van der Waals surface area contributed by atoms with E-state index < -0.39 is 0 Å². The van der Waals surface area contributed by atoms with E-state index in [1.807, 2.05) is 12.3 Å². The van der Waals surface area contributed by atoms with Gasteiger partial charge in [0.2, 0.25) is 0 Å². The molecule has 2 fully saturated rings. The molecule has 0 bridgehead atoms. The van der Waals surface area contributed by atoms with Crippen LogP contribution in [0.5, 0.6) is 0 Å². The van der Waals surface area contributed by atoms with E-state index in [-0.39, 0.29) is 5.41 Å². The van der Waals surface area contributed by atoms with Gasteiger partial charge in [0.25, 0.3) is 0 Å². The van der Waals surface area contributed by atoms with Crippen molar-refractivity contribution in [3.05, 3.63) is 52.5 Å². The van der Waals surface area contributed by atoms with Crippen LogP contribution < -0.4 is 0 Å². The molecule has 0 unspecified atom stereocenters. The lowest BCUT2D eigenvalue weighted by Crippen LogP contribution is -2.51. The third-order valence-electron chi connectivity index (χ3n) is 5.22. The first-order chi connectivity index (χ1) is 11.8. The lowest BCUT2D eigenvalue weighted by atomic mass is 9.77. The van der Waals surface area contributed by atoms with Crippen LogP contribution >= 0.6 is 11.3 Å². The van der Waals surface area contributed by atoms with Crippen molar-refractivity contribution in [1.29, 1.82) is 0 Å². The van der Waals surface area contributed by atoms with Gasteiger partial charge in [-0.05, 0) is 46.9 Å². The van der Waals surface area contributed by atoms with Gasteiger partial charge in [-0.3, -0.25) is 9.88 Å². The zero-order valence-corrected chi connectivity index (χ0v) is 14.7. The molecule has 2 aromatic heterocycles. The zero-order chi connectivity index (χ0) is 16.2. The van der Waals surface area contributed by atoms with Crippen molar-refractivity contribution in [2.24, 2.45) is 5.41 Å². The van der Waals surface area contributed by atoms with E-state index in [0.717, 1.165) is 51.3 Å². The minimum Gasteiger partial charge on any atom is -0.377 e. The summed E-state index contributed by atoms with van der Waals surface area (Å²) < 4.78 is 12.1. The minimum absolute atomic E-state index is 0.149. The quantitative estimate of drug-likeness (QED) is 0.805. The van der Waals surface area contributed by atoms with Crippen molar-refractivity contribution in [3.8, 4) is 0 Å². The molecule has 0 aromatic carbocycles. The van der Waals surface area contributed by atoms with Gasteiger partial charge >= 0.3 is 0 Å². The Morgan fingerprint density at radius 2 is 2.38 bits per heavy atom. The van der Waals surface area contributed by atoms with E-state index in [1.54, 1.807) is 17.5 Å². The SMILES string of the molecule is c1cncc(COC[C@@]23CCO[C@@H]2CCN(Cc2ccsc2)C3)c1. The summed E-state index contributed by atoms with van der Waals surface area (Å²) in [6, 6.07) is 6.26. The highest BCUT2D eigenvalue weighted by atomic mass is 32.1. The summed E-state index contributed by atoms with van der Waals surface area (Å²) in [5.41, 5.74) is 2.70. The molecule has 4 nitrogen and oxygen atoms in total. The highest BCUT2D eigenvalue weighted by Gasteiger charge is 2.47. The fraction of sp³-hybridized carbons (Fsp3) is 0.526. The third-order valence-corrected chi connectivity index (χ3v) is 5.95. The van der Waals surface area contributed by atoms with Crippen LogP contribution in [0.1, 0.15) is 24.0 Å². The van der Waals surface area contributed by atoms with E-state index >= 15 is 0 Å². The summed E-state index contributed by atoms with van der Waals surface area (Å²) in [4.78, 5) is 6.73. The lowest BCUT2D eigenvalue weighted by molar-refractivity contribution is -0.0685. The summed E-state index contributed by atoms with van der Waals surface area (Å²) in [6.45, 7) is 5.50. The number of fused-ring (bicyclic) bond motifs is 1. The van der Waals surface area contributed by atoms with E-state index in [1.165, 1.54) is 5.56 Å². The van der Waals surface area contributed by atoms with Gasteiger partial charge in [0, 0.05) is 44.0 Å². The number of likely N-dealkylation sites (tertiary alicyclic amines) is 1. The number of rotatable bonds is 6. The summed E-state index contributed by atoms with van der Waals surface area (Å²) in [5.74, 6) is 0. The highest BCUT2D eigenvalue weighted by molar-refractivity contribution is 7.07. The molecule has 0 spiro atoms. The molecule has 5 heteroatoms. The Hall–Kier alpha value is -1.27. The van der Waals surface area contributed by atoms with E-state index in [0.29, 0.717) is 12.7 Å². The number of pyridine rings is 1. The lowest BCUT2D eigenvalue weighted by Gasteiger charge is -2.43. The molecule has 2 atom stereocenters. The number of aromatic nitrogens is 1. The molecule has 0 saturated carbocycles. The van der Waals surface area contributed by atoms with Gasteiger partial charge in [0.15, 0.2) is 0 Å². The average Bonchev–Trinajstić information content (AvgIpc) is 3.25. The van der Waals surface area contributed by atoms with E-state index in [9.17, 15) is 0 Å². The van der Waals surface area contributed by atoms with Gasteiger partial charge in [-0.25, -0.2) is 0 Å². The molecule has 2 aliphatic rings. The Morgan fingerprint density at radius 3 is 3.21 bits per heavy atom. The zero-order valence-electron chi connectivity index (χ0n) is 13.9. The second-order valence-corrected chi connectivity index (χ2v) is 7.74. The topological polar surface area (TPSA) is 34.6 Å². The highest BCUT2D eigenvalue weighted by Crippen LogP contribution is 2.41. The third kappa shape index (κ3) is 3.54. The van der Waals surface area contributed by atoms with Gasteiger partial charge in [-0.1, -0.05) is 6.07 Å². The smallest absolute Gasteiger partial charge is 0.0732 e. The summed E-state index contributed by atoms with van der Waals surface area (Å²) in [7, 11) is 0. The Morgan fingerprint density at radius 1 is 1.38 bits per heavy atom. The van der Waals surface area contributed by atoms with Gasteiger partial charge in [-0.15, -0.1) is 0 Å². The van der Waals surface area contributed by atoms with Crippen LogP contribution in [0.25, 0.3) is 0 Å². The number of nitrogens with zero attached hydrogens (tertiary/aromatic N) is 2. The van der Waals surface area contributed by atoms with Crippen LogP contribution in [0, 0.1) is 5.41 Å². The normalized spacial score (nSPS) is 27.2. The Labute approximate surface area is 147 Å². The van der Waals surface area contributed by atoms with Crippen LogP contribution in [0.15, 0.2) is 41.4 Å². The molecule has 2 saturated heterocycles. The summed E-state index contributed by atoms with van der Waals surface area (Å²) >= 11 is 1.78. The first-order valence-corrected chi connectivity index (χ1v) is 9.60. The molecule has 24 heavy (non-hydrogen) atoms. The first-order valence-electron chi connectivity index (χ1n) is 8.66. The molecule has 0 N–H and O–H groups in total. The van der Waals surface area contributed by atoms with Gasteiger partial charge < -0.3 is 9.47 Å². The maximum Gasteiger partial charge on any atom is 0.0732 e. The van der Waals surface area contributed by atoms with Crippen LogP contribution in [0.2, 0.25) is 0 Å². The second-order valence-electron chi connectivity index (χ2n) is 6.96. The Bertz CT molecular complexity index is 634. The largest absolute Gasteiger partial charge is 0.377 e. The molecule has 4 rings (SSSR count). The Balaban J connectivity index is 1.38. The van der Waals surface area contributed by atoms with E-state index in [2.05, 4.69) is 32.8 Å². The van der Waals surface area contributed by atoms with Crippen LogP contribution in [0.3, 0.4) is 0 Å². The molecule has 4 heterocycles. The summed E-state index contributed by atoms with van der Waals surface area (Å²) in [6.07, 6.45) is 6.24. The van der Waals surface area contributed by atoms with Crippen molar-refractivity contribution < 1.29 is 9.47 Å². The molecule has 2 aliphatic heterocycles. The van der Waals surface area contributed by atoms with Crippen molar-refractivity contribution in [2.45, 2.75) is 32.1 Å². The van der Waals surface area contributed by atoms with Crippen LogP contribution in [-0.2, 0) is 22.6 Å². The number of hydrogen-bond donors (Lipinski definition) is 0. The molecular weight excluding hydrogens is 320 g/mol. The molecular formula is C19H24N2O2S. The number of ether oxygens (including phenoxy) is 2. The monoisotopic (exact) mass is 344 g/mol. The maximum atomic E-state index is 6.10. The molecule has 0 amide bonds. The van der Waals surface area contributed by atoms with E-state index in [4.69, 9.17) is 9.47 Å². The average molecular weight is 344 g/mol. The number of piperidine rings is 1. The van der Waals surface area contributed by atoms with Crippen LogP contribution in [-0.4, -0.2) is 42.3 Å². The predicted molar refractivity (Wildman–Crippen MR) is 94.9 cm³/mol. The molecule has 128 valence electrons. The molecule has 0 radical (unpaired) electrons. The van der Waals surface area contributed by atoms with Crippen molar-refractivity contribution in [1.82, 2.24) is 9.88 Å². The van der Waals surface area contributed by atoms with Crippen molar-refractivity contribution in [2.75, 3.05) is 26.3 Å².